The molecule has 1 saturated heterocycles. The highest BCUT2D eigenvalue weighted by atomic mass is 16.6. The van der Waals surface area contributed by atoms with Crippen LogP contribution in [0.4, 0.5) is 0 Å². The van der Waals surface area contributed by atoms with Gasteiger partial charge in [-0.1, -0.05) is 30.3 Å². The Kier molecular flexibility index (Phi) is 2.60. The van der Waals surface area contributed by atoms with Crippen molar-refractivity contribution in [2.75, 3.05) is 0 Å². The Morgan fingerprint density at radius 3 is 2.50 bits per heavy atom. The Morgan fingerprint density at radius 2 is 1.94 bits per heavy atom. The molecule has 3 atom stereocenters. The van der Waals surface area contributed by atoms with Crippen LogP contribution in [0.15, 0.2) is 30.3 Å². The van der Waals surface area contributed by atoms with Crippen molar-refractivity contribution in [3.8, 4) is 0 Å². The third-order valence-electron chi connectivity index (χ3n) is 2.97. The minimum atomic E-state index is -0.880. The van der Waals surface area contributed by atoms with E-state index in [0.29, 0.717) is 0 Å². The summed E-state index contributed by atoms with van der Waals surface area (Å²) >= 11 is 0. The van der Waals surface area contributed by atoms with E-state index >= 15 is 0 Å². The lowest BCUT2D eigenvalue weighted by Gasteiger charge is -2.13. The SMILES string of the molecule is C[C@@H]1C(=O)N[C@H](c2ccccc2)[C@H]1[N+](=O)[O-]. The molecule has 1 heterocycles. The van der Waals surface area contributed by atoms with Gasteiger partial charge in [0.05, 0.1) is 0 Å². The summed E-state index contributed by atoms with van der Waals surface area (Å²) in [4.78, 5) is 22.0. The number of rotatable bonds is 2. The molecule has 1 fully saturated rings. The van der Waals surface area contributed by atoms with E-state index in [9.17, 15) is 14.9 Å². The van der Waals surface area contributed by atoms with Crippen molar-refractivity contribution >= 4 is 5.91 Å². The van der Waals surface area contributed by atoms with Crippen molar-refractivity contribution < 1.29 is 9.72 Å². The third-order valence-corrected chi connectivity index (χ3v) is 2.97. The molecule has 0 aliphatic carbocycles. The molecule has 2 rings (SSSR count). The molecule has 0 aromatic heterocycles. The van der Waals surface area contributed by atoms with Crippen molar-refractivity contribution in [3.63, 3.8) is 0 Å². The van der Waals surface area contributed by atoms with Gasteiger partial charge in [-0.3, -0.25) is 14.9 Å². The average Bonchev–Trinajstić information content (AvgIpc) is 2.57. The smallest absolute Gasteiger partial charge is 0.248 e. The van der Waals surface area contributed by atoms with Gasteiger partial charge in [-0.05, 0) is 12.5 Å². The van der Waals surface area contributed by atoms with E-state index in [4.69, 9.17) is 0 Å². The first-order valence-corrected chi connectivity index (χ1v) is 5.10. The quantitative estimate of drug-likeness (QED) is 0.600. The van der Waals surface area contributed by atoms with Gasteiger partial charge >= 0.3 is 0 Å². The summed E-state index contributed by atoms with van der Waals surface area (Å²) in [5.74, 6) is -0.837. The number of amides is 1. The predicted molar refractivity (Wildman–Crippen MR) is 57.3 cm³/mol. The van der Waals surface area contributed by atoms with Gasteiger partial charge in [0, 0.05) is 4.92 Å². The molecule has 0 bridgehead atoms. The maximum absolute atomic E-state index is 11.5. The monoisotopic (exact) mass is 220 g/mol. The van der Waals surface area contributed by atoms with Crippen molar-refractivity contribution in [1.82, 2.24) is 5.32 Å². The second-order valence-corrected chi connectivity index (χ2v) is 3.96. The van der Waals surface area contributed by atoms with Crippen molar-refractivity contribution in [2.24, 2.45) is 5.92 Å². The van der Waals surface area contributed by atoms with E-state index in [2.05, 4.69) is 5.32 Å². The van der Waals surface area contributed by atoms with Crippen LogP contribution in [-0.4, -0.2) is 16.9 Å². The topological polar surface area (TPSA) is 72.2 Å². The summed E-state index contributed by atoms with van der Waals surface area (Å²) in [5, 5.41) is 13.6. The Bertz CT molecular complexity index is 418. The summed E-state index contributed by atoms with van der Waals surface area (Å²) in [6.07, 6.45) is 0. The fraction of sp³-hybridized carbons (Fsp3) is 0.364. The first kappa shape index (κ1) is 10.6. The molecule has 5 heteroatoms. The fourth-order valence-electron chi connectivity index (χ4n) is 2.06. The molecule has 1 aliphatic heterocycles. The zero-order valence-corrected chi connectivity index (χ0v) is 8.79. The van der Waals surface area contributed by atoms with E-state index in [-0.39, 0.29) is 10.8 Å². The van der Waals surface area contributed by atoms with Crippen molar-refractivity contribution in [1.29, 1.82) is 0 Å². The molecule has 5 nitrogen and oxygen atoms in total. The second-order valence-electron chi connectivity index (χ2n) is 3.96. The van der Waals surface area contributed by atoms with Crippen LogP contribution in [0.3, 0.4) is 0 Å². The molecule has 1 aliphatic rings. The van der Waals surface area contributed by atoms with Gasteiger partial charge in [-0.25, -0.2) is 0 Å². The zero-order chi connectivity index (χ0) is 11.7. The molecule has 1 aromatic rings. The molecule has 84 valence electrons. The zero-order valence-electron chi connectivity index (χ0n) is 8.79. The number of carbonyl (C=O) groups excluding carboxylic acids is 1. The highest BCUT2D eigenvalue weighted by Crippen LogP contribution is 2.30. The first-order valence-electron chi connectivity index (χ1n) is 5.10. The highest BCUT2D eigenvalue weighted by molar-refractivity contribution is 5.82. The Hall–Kier alpha value is -1.91. The van der Waals surface area contributed by atoms with Gasteiger partial charge in [0.15, 0.2) is 0 Å². The van der Waals surface area contributed by atoms with Gasteiger partial charge < -0.3 is 5.32 Å². The van der Waals surface area contributed by atoms with Crippen LogP contribution in [0.1, 0.15) is 18.5 Å². The van der Waals surface area contributed by atoms with Crippen LogP contribution >= 0.6 is 0 Å². The normalized spacial score (nSPS) is 28.8. The summed E-state index contributed by atoms with van der Waals surface area (Å²) in [7, 11) is 0. The molecule has 16 heavy (non-hydrogen) atoms. The summed E-state index contributed by atoms with van der Waals surface area (Å²) in [6.45, 7) is 1.59. The van der Waals surface area contributed by atoms with Crippen LogP contribution in [-0.2, 0) is 4.79 Å². The number of benzene rings is 1. The lowest BCUT2D eigenvalue weighted by Crippen LogP contribution is -2.30. The van der Waals surface area contributed by atoms with Crippen LogP contribution in [0.25, 0.3) is 0 Å². The molecular weight excluding hydrogens is 208 g/mol. The van der Waals surface area contributed by atoms with Gasteiger partial charge in [0.25, 0.3) is 0 Å². The molecule has 0 radical (unpaired) electrons. The summed E-state index contributed by atoms with van der Waals surface area (Å²) in [5.41, 5.74) is 0.780. The first-order chi connectivity index (χ1) is 7.61. The molecule has 0 saturated carbocycles. The van der Waals surface area contributed by atoms with E-state index in [1.165, 1.54) is 0 Å². The molecule has 0 spiro atoms. The molecular formula is C11H12N2O3. The minimum Gasteiger partial charge on any atom is -0.342 e. The lowest BCUT2D eigenvalue weighted by molar-refractivity contribution is -0.530. The van der Waals surface area contributed by atoms with E-state index in [1.807, 2.05) is 18.2 Å². The van der Waals surface area contributed by atoms with Gasteiger partial charge in [-0.15, -0.1) is 0 Å². The largest absolute Gasteiger partial charge is 0.342 e. The Labute approximate surface area is 92.6 Å². The van der Waals surface area contributed by atoms with Crippen LogP contribution < -0.4 is 5.32 Å². The van der Waals surface area contributed by atoms with Gasteiger partial charge in [-0.2, -0.15) is 0 Å². The minimum absolute atomic E-state index is 0.254. The fourth-order valence-corrected chi connectivity index (χ4v) is 2.06. The van der Waals surface area contributed by atoms with E-state index in [1.54, 1.807) is 19.1 Å². The predicted octanol–water partition coefficient (Wildman–Crippen LogP) is 1.14. The number of hydrogen-bond donors (Lipinski definition) is 1. The van der Waals surface area contributed by atoms with E-state index in [0.717, 1.165) is 5.56 Å². The molecule has 1 amide bonds. The van der Waals surface area contributed by atoms with Crippen molar-refractivity contribution in [3.05, 3.63) is 46.0 Å². The number of hydrogen-bond acceptors (Lipinski definition) is 3. The second kappa shape index (κ2) is 3.92. The van der Waals surface area contributed by atoms with Crippen molar-refractivity contribution in [2.45, 2.75) is 19.0 Å². The standard InChI is InChI=1S/C11H12N2O3/c1-7-10(13(15)16)9(12-11(7)14)8-5-3-2-4-6-8/h2-7,9-10H,1H3,(H,12,14)/t7-,9+,10-/m0/s1. The van der Waals surface area contributed by atoms with Crippen LogP contribution in [0.2, 0.25) is 0 Å². The van der Waals surface area contributed by atoms with Crippen LogP contribution in [0.5, 0.6) is 0 Å². The number of nitrogens with zero attached hydrogens (tertiary/aromatic N) is 1. The number of nitrogens with one attached hydrogen (secondary N) is 1. The summed E-state index contributed by atoms with van der Waals surface area (Å²) in [6, 6.07) is 7.64. The average molecular weight is 220 g/mol. The maximum Gasteiger partial charge on any atom is 0.248 e. The molecule has 1 aromatic carbocycles. The number of nitro groups is 1. The number of carbonyl (C=O) groups is 1. The van der Waals surface area contributed by atoms with Gasteiger partial charge in [0.1, 0.15) is 12.0 Å². The lowest BCUT2D eigenvalue weighted by atomic mass is 9.96. The highest BCUT2D eigenvalue weighted by Gasteiger charge is 2.48. The third kappa shape index (κ3) is 1.64. The maximum atomic E-state index is 11.5. The van der Waals surface area contributed by atoms with Gasteiger partial charge in [0.2, 0.25) is 11.9 Å². The molecule has 1 N–H and O–H groups in total. The van der Waals surface area contributed by atoms with E-state index < -0.39 is 18.0 Å². The Morgan fingerprint density at radius 1 is 1.31 bits per heavy atom. The molecule has 0 unspecified atom stereocenters. The summed E-state index contributed by atoms with van der Waals surface area (Å²) < 4.78 is 0. The van der Waals surface area contributed by atoms with Crippen LogP contribution in [0, 0.1) is 16.0 Å². The Balaban J connectivity index is 2.34.